The third kappa shape index (κ3) is 2.72. The molecule has 1 aromatic heterocycles. The summed E-state index contributed by atoms with van der Waals surface area (Å²) >= 11 is 3.43. The highest BCUT2D eigenvalue weighted by Gasteiger charge is 2.15. The standard InChI is InChI=1S/C15H12BrN3O4/c1-22-13-6-8(5-10(16)14(13)23-2)15-17-11-4-3-9(19(20)21)7-12(11)18-15/h3-7H,1-2H3,(H,17,18). The number of nitrogens with zero attached hydrogens (tertiary/aromatic N) is 2. The van der Waals surface area contributed by atoms with Crippen LogP contribution in [0.15, 0.2) is 34.8 Å². The van der Waals surface area contributed by atoms with Crippen LogP contribution in [0.25, 0.3) is 22.4 Å². The molecular formula is C15H12BrN3O4. The molecule has 3 rings (SSSR count). The molecule has 23 heavy (non-hydrogen) atoms. The van der Waals surface area contributed by atoms with Crippen LogP contribution in [0.2, 0.25) is 0 Å². The maximum atomic E-state index is 10.9. The molecule has 0 atom stereocenters. The molecule has 0 radical (unpaired) electrons. The first-order chi connectivity index (χ1) is 11.0. The summed E-state index contributed by atoms with van der Waals surface area (Å²) in [5, 5.41) is 10.9. The zero-order valence-corrected chi connectivity index (χ0v) is 13.9. The molecule has 0 amide bonds. The van der Waals surface area contributed by atoms with Gasteiger partial charge in [0.1, 0.15) is 5.82 Å². The number of aromatic amines is 1. The van der Waals surface area contributed by atoms with Crippen LogP contribution in [0.5, 0.6) is 11.5 Å². The summed E-state index contributed by atoms with van der Waals surface area (Å²) in [6.07, 6.45) is 0. The fraction of sp³-hybridized carbons (Fsp3) is 0.133. The van der Waals surface area contributed by atoms with Crippen molar-refractivity contribution in [2.45, 2.75) is 0 Å². The van der Waals surface area contributed by atoms with Crippen molar-refractivity contribution in [3.8, 4) is 22.9 Å². The van der Waals surface area contributed by atoms with Crippen molar-refractivity contribution < 1.29 is 14.4 Å². The van der Waals surface area contributed by atoms with Crippen molar-refractivity contribution in [1.29, 1.82) is 0 Å². The van der Waals surface area contributed by atoms with Gasteiger partial charge in [-0.1, -0.05) is 0 Å². The Morgan fingerprint density at radius 3 is 2.65 bits per heavy atom. The zero-order chi connectivity index (χ0) is 16.6. The molecule has 1 heterocycles. The van der Waals surface area contributed by atoms with E-state index in [2.05, 4.69) is 25.9 Å². The van der Waals surface area contributed by atoms with E-state index in [1.807, 2.05) is 6.07 Å². The van der Waals surface area contributed by atoms with E-state index in [-0.39, 0.29) is 5.69 Å². The summed E-state index contributed by atoms with van der Waals surface area (Å²) in [5.74, 6) is 1.73. The summed E-state index contributed by atoms with van der Waals surface area (Å²) < 4.78 is 11.3. The van der Waals surface area contributed by atoms with E-state index in [0.717, 1.165) is 10.0 Å². The third-order valence-corrected chi connectivity index (χ3v) is 3.97. The smallest absolute Gasteiger partial charge is 0.271 e. The van der Waals surface area contributed by atoms with E-state index in [0.29, 0.717) is 28.4 Å². The lowest BCUT2D eigenvalue weighted by Gasteiger charge is -2.10. The Hall–Kier alpha value is -2.61. The van der Waals surface area contributed by atoms with E-state index in [1.54, 1.807) is 26.4 Å². The normalized spacial score (nSPS) is 10.7. The average Bonchev–Trinajstić information content (AvgIpc) is 2.96. The Bertz CT molecular complexity index is 907. The van der Waals surface area contributed by atoms with Gasteiger partial charge in [0.05, 0.1) is 34.6 Å². The maximum absolute atomic E-state index is 10.9. The van der Waals surface area contributed by atoms with Crippen LogP contribution in [0.1, 0.15) is 0 Å². The van der Waals surface area contributed by atoms with E-state index in [1.165, 1.54) is 12.1 Å². The number of aromatic nitrogens is 2. The Kier molecular flexibility index (Phi) is 3.91. The SMILES string of the molecule is COc1cc(-c2nc3ccc([N+](=O)[O-])cc3[nH]2)cc(Br)c1OC. The number of H-pyrrole nitrogens is 1. The van der Waals surface area contributed by atoms with Crippen molar-refractivity contribution in [3.63, 3.8) is 0 Å². The Balaban J connectivity index is 2.13. The number of hydrogen-bond acceptors (Lipinski definition) is 5. The van der Waals surface area contributed by atoms with Crippen LogP contribution >= 0.6 is 15.9 Å². The quantitative estimate of drug-likeness (QED) is 0.549. The van der Waals surface area contributed by atoms with Gasteiger partial charge >= 0.3 is 0 Å². The molecule has 0 fully saturated rings. The first-order valence-corrected chi connectivity index (χ1v) is 7.39. The Labute approximate surface area is 139 Å². The topological polar surface area (TPSA) is 90.3 Å². The first kappa shape index (κ1) is 15.3. The molecule has 8 heteroatoms. The number of nitrogens with one attached hydrogen (secondary N) is 1. The molecular weight excluding hydrogens is 366 g/mol. The molecule has 1 N–H and O–H groups in total. The maximum Gasteiger partial charge on any atom is 0.271 e. The summed E-state index contributed by atoms with van der Waals surface area (Å²) in [7, 11) is 3.11. The minimum Gasteiger partial charge on any atom is -0.493 e. The predicted molar refractivity (Wildman–Crippen MR) is 89.0 cm³/mol. The number of hydrogen-bond donors (Lipinski definition) is 1. The number of non-ortho nitro benzene ring substituents is 1. The van der Waals surface area contributed by atoms with Gasteiger partial charge in [-0.25, -0.2) is 4.98 Å². The van der Waals surface area contributed by atoms with Crippen LogP contribution in [0.3, 0.4) is 0 Å². The van der Waals surface area contributed by atoms with Gasteiger partial charge in [-0.15, -0.1) is 0 Å². The van der Waals surface area contributed by atoms with Gasteiger partial charge in [0.25, 0.3) is 5.69 Å². The largest absolute Gasteiger partial charge is 0.493 e. The van der Waals surface area contributed by atoms with Gasteiger partial charge in [-0.2, -0.15) is 0 Å². The lowest BCUT2D eigenvalue weighted by atomic mass is 10.2. The summed E-state index contributed by atoms with van der Waals surface area (Å²) in [6, 6.07) is 8.13. The van der Waals surface area contributed by atoms with E-state index in [9.17, 15) is 10.1 Å². The number of benzene rings is 2. The fourth-order valence-electron chi connectivity index (χ4n) is 2.30. The molecule has 0 spiro atoms. The van der Waals surface area contributed by atoms with Gasteiger partial charge in [0.2, 0.25) is 0 Å². The van der Waals surface area contributed by atoms with Crippen LogP contribution in [-0.2, 0) is 0 Å². The number of halogens is 1. The van der Waals surface area contributed by atoms with E-state index >= 15 is 0 Å². The van der Waals surface area contributed by atoms with Crippen LogP contribution < -0.4 is 9.47 Å². The molecule has 7 nitrogen and oxygen atoms in total. The minimum absolute atomic E-state index is 0.0150. The second-order valence-corrected chi connectivity index (χ2v) is 5.59. The second kappa shape index (κ2) is 5.88. The van der Waals surface area contributed by atoms with Gasteiger partial charge in [0.15, 0.2) is 11.5 Å². The molecule has 3 aromatic rings. The number of rotatable bonds is 4. The van der Waals surface area contributed by atoms with Crippen molar-refractivity contribution in [3.05, 3.63) is 44.9 Å². The third-order valence-electron chi connectivity index (χ3n) is 3.38. The number of nitro groups is 1. The van der Waals surface area contributed by atoms with Gasteiger partial charge < -0.3 is 14.5 Å². The lowest BCUT2D eigenvalue weighted by molar-refractivity contribution is -0.384. The number of ether oxygens (including phenoxy) is 2. The molecule has 0 unspecified atom stereocenters. The zero-order valence-electron chi connectivity index (χ0n) is 12.3. The predicted octanol–water partition coefficient (Wildman–Crippen LogP) is 3.92. The summed E-state index contributed by atoms with van der Waals surface area (Å²) in [4.78, 5) is 18.0. The Morgan fingerprint density at radius 2 is 2.00 bits per heavy atom. The highest BCUT2D eigenvalue weighted by Crippen LogP contribution is 2.39. The summed E-state index contributed by atoms with van der Waals surface area (Å²) in [5.41, 5.74) is 2.03. The molecule has 0 aliphatic rings. The van der Waals surface area contributed by atoms with E-state index < -0.39 is 4.92 Å². The second-order valence-electron chi connectivity index (χ2n) is 4.74. The fourth-order valence-corrected chi connectivity index (χ4v) is 2.91. The van der Waals surface area contributed by atoms with Crippen molar-refractivity contribution in [1.82, 2.24) is 9.97 Å². The number of fused-ring (bicyclic) bond motifs is 1. The van der Waals surface area contributed by atoms with Crippen LogP contribution in [-0.4, -0.2) is 29.1 Å². The number of methoxy groups -OCH3 is 2. The lowest BCUT2D eigenvalue weighted by Crippen LogP contribution is -1.93. The molecule has 0 bridgehead atoms. The van der Waals surface area contributed by atoms with Gasteiger partial charge in [-0.3, -0.25) is 10.1 Å². The van der Waals surface area contributed by atoms with Crippen LogP contribution in [0, 0.1) is 10.1 Å². The molecule has 0 aliphatic heterocycles. The van der Waals surface area contributed by atoms with Crippen molar-refractivity contribution >= 4 is 32.7 Å². The highest BCUT2D eigenvalue weighted by molar-refractivity contribution is 9.10. The molecule has 0 aliphatic carbocycles. The summed E-state index contributed by atoms with van der Waals surface area (Å²) in [6.45, 7) is 0. The van der Waals surface area contributed by atoms with E-state index in [4.69, 9.17) is 9.47 Å². The van der Waals surface area contributed by atoms with Crippen molar-refractivity contribution in [2.24, 2.45) is 0 Å². The minimum atomic E-state index is -0.438. The Morgan fingerprint density at radius 1 is 1.22 bits per heavy atom. The molecule has 0 saturated carbocycles. The first-order valence-electron chi connectivity index (χ1n) is 6.59. The average molecular weight is 378 g/mol. The number of nitro benzene ring substituents is 1. The van der Waals surface area contributed by atoms with Crippen molar-refractivity contribution in [2.75, 3.05) is 14.2 Å². The van der Waals surface area contributed by atoms with Crippen LogP contribution in [0.4, 0.5) is 5.69 Å². The molecule has 2 aromatic carbocycles. The number of imidazole rings is 1. The highest BCUT2D eigenvalue weighted by atomic mass is 79.9. The molecule has 118 valence electrons. The van der Waals surface area contributed by atoms with Gasteiger partial charge in [-0.05, 0) is 34.1 Å². The molecule has 0 saturated heterocycles. The monoisotopic (exact) mass is 377 g/mol. The van der Waals surface area contributed by atoms with Gasteiger partial charge in [0, 0.05) is 17.7 Å².